The van der Waals surface area contributed by atoms with E-state index in [-0.39, 0.29) is 5.69 Å². The van der Waals surface area contributed by atoms with E-state index in [2.05, 4.69) is 4.98 Å². The number of aromatic nitrogens is 1. The molecule has 1 unspecified atom stereocenters. The van der Waals surface area contributed by atoms with Gasteiger partial charge in [0, 0.05) is 13.1 Å². The van der Waals surface area contributed by atoms with Crippen LogP contribution in [0.3, 0.4) is 0 Å². The van der Waals surface area contributed by atoms with E-state index >= 15 is 0 Å². The Morgan fingerprint density at radius 2 is 2.00 bits per heavy atom. The van der Waals surface area contributed by atoms with Gasteiger partial charge in [0.1, 0.15) is 6.23 Å². The van der Waals surface area contributed by atoms with Crippen molar-refractivity contribution >= 4 is 5.69 Å². The number of hydrogen-bond acceptors (Lipinski definition) is 4. The maximum absolute atomic E-state index is 10.9. The molecule has 2 N–H and O–H groups in total. The number of likely N-dealkylation sites (tertiary alicyclic amines) is 1. The number of rotatable bonds is 3. The summed E-state index contributed by atoms with van der Waals surface area (Å²) < 4.78 is 0. The Labute approximate surface area is 99.4 Å². The third-order valence-electron chi connectivity index (χ3n) is 3.36. The summed E-state index contributed by atoms with van der Waals surface area (Å²) in [5, 5.41) is 21.1. The van der Waals surface area contributed by atoms with Crippen molar-refractivity contribution in [1.82, 2.24) is 9.88 Å². The van der Waals surface area contributed by atoms with E-state index in [1.165, 1.54) is 0 Å². The van der Waals surface area contributed by atoms with Crippen LogP contribution < -0.4 is 0 Å². The molecule has 1 aliphatic heterocycles. The predicted octanol–water partition coefficient (Wildman–Crippen LogP) is 1.63. The van der Waals surface area contributed by atoms with Gasteiger partial charge < -0.3 is 10.1 Å². The molecule has 1 aromatic rings. The number of aliphatic hydroxyl groups excluding tert-OH is 1. The minimum atomic E-state index is -0.759. The minimum absolute atomic E-state index is 0.0817. The predicted molar refractivity (Wildman–Crippen MR) is 62.7 cm³/mol. The monoisotopic (exact) mass is 239 g/mol. The fourth-order valence-corrected chi connectivity index (χ4v) is 2.46. The van der Waals surface area contributed by atoms with Crippen LogP contribution in [0, 0.1) is 24.0 Å². The van der Waals surface area contributed by atoms with Crippen molar-refractivity contribution in [2.45, 2.75) is 32.9 Å². The van der Waals surface area contributed by atoms with Crippen LogP contribution in [-0.2, 0) is 0 Å². The lowest BCUT2D eigenvalue weighted by Gasteiger charge is -2.21. The molecule has 1 aromatic heterocycles. The largest absolute Gasteiger partial charge is 0.372 e. The highest BCUT2D eigenvalue weighted by Gasteiger charge is 2.29. The lowest BCUT2D eigenvalue weighted by molar-refractivity contribution is -0.385. The van der Waals surface area contributed by atoms with Crippen molar-refractivity contribution in [3.63, 3.8) is 0 Å². The Bertz CT molecular complexity index is 435. The summed E-state index contributed by atoms with van der Waals surface area (Å²) >= 11 is 0. The fourth-order valence-electron chi connectivity index (χ4n) is 2.46. The molecule has 17 heavy (non-hydrogen) atoms. The molecular weight excluding hydrogens is 222 g/mol. The lowest BCUT2D eigenvalue weighted by Crippen LogP contribution is -2.26. The zero-order valence-electron chi connectivity index (χ0n) is 10.1. The van der Waals surface area contributed by atoms with Crippen LogP contribution in [0.15, 0.2) is 0 Å². The third kappa shape index (κ3) is 2.05. The van der Waals surface area contributed by atoms with Gasteiger partial charge in [-0.05, 0) is 26.7 Å². The molecule has 6 nitrogen and oxygen atoms in total. The van der Waals surface area contributed by atoms with Crippen molar-refractivity contribution < 1.29 is 10.0 Å². The summed E-state index contributed by atoms with van der Waals surface area (Å²) in [6.07, 6.45) is 1.38. The summed E-state index contributed by atoms with van der Waals surface area (Å²) in [6, 6.07) is 0. The quantitative estimate of drug-likeness (QED) is 0.620. The number of aryl methyl sites for hydroxylation is 1. The molecule has 1 fully saturated rings. The summed E-state index contributed by atoms with van der Waals surface area (Å²) in [6.45, 7) is 5.01. The van der Waals surface area contributed by atoms with E-state index in [0.717, 1.165) is 25.9 Å². The summed E-state index contributed by atoms with van der Waals surface area (Å²) in [7, 11) is 0. The summed E-state index contributed by atoms with van der Waals surface area (Å²) in [5.41, 5.74) is 1.67. The zero-order valence-corrected chi connectivity index (χ0v) is 10.1. The molecule has 1 atom stereocenters. The first-order valence-corrected chi connectivity index (χ1v) is 5.78. The normalized spacial score (nSPS) is 18.5. The van der Waals surface area contributed by atoms with Crippen molar-refractivity contribution in [3.8, 4) is 0 Å². The van der Waals surface area contributed by atoms with Gasteiger partial charge in [0.2, 0.25) is 0 Å². The van der Waals surface area contributed by atoms with Gasteiger partial charge in [0.25, 0.3) is 5.69 Å². The number of nitrogens with one attached hydrogen (secondary N) is 1. The molecule has 0 saturated carbocycles. The van der Waals surface area contributed by atoms with Crippen molar-refractivity contribution in [2.24, 2.45) is 0 Å². The molecular formula is C11H17N3O3. The van der Waals surface area contributed by atoms with Gasteiger partial charge in [-0.1, -0.05) is 0 Å². The van der Waals surface area contributed by atoms with Crippen LogP contribution in [0.25, 0.3) is 0 Å². The highest BCUT2D eigenvalue weighted by molar-refractivity contribution is 5.48. The molecule has 2 heterocycles. The minimum Gasteiger partial charge on any atom is -0.372 e. The van der Waals surface area contributed by atoms with E-state index in [1.807, 2.05) is 4.90 Å². The van der Waals surface area contributed by atoms with Crippen LogP contribution in [0.4, 0.5) is 5.69 Å². The Balaban J connectivity index is 2.32. The second-order valence-electron chi connectivity index (χ2n) is 4.51. The standard InChI is InChI=1S/C11H17N3O3/c1-7-9(11(15)13-5-3-4-6-13)12-8(2)10(7)14(16)17/h11-12,15H,3-6H2,1-2H3. The Kier molecular flexibility index (Phi) is 3.17. The fraction of sp³-hybridized carbons (Fsp3) is 0.636. The zero-order chi connectivity index (χ0) is 12.6. The maximum atomic E-state index is 10.9. The first kappa shape index (κ1) is 12.1. The number of aliphatic hydroxyl groups is 1. The second-order valence-corrected chi connectivity index (χ2v) is 4.51. The van der Waals surface area contributed by atoms with Gasteiger partial charge >= 0.3 is 0 Å². The number of nitro groups is 1. The van der Waals surface area contributed by atoms with Crippen molar-refractivity contribution in [3.05, 3.63) is 27.1 Å². The topological polar surface area (TPSA) is 82.4 Å². The van der Waals surface area contributed by atoms with Gasteiger partial charge in [0.15, 0.2) is 0 Å². The number of hydrogen-bond donors (Lipinski definition) is 2. The van der Waals surface area contributed by atoms with Crippen LogP contribution >= 0.6 is 0 Å². The number of aromatic amines is 1. The van der Waals surface area contributed by atoms with Crippen LogP contribution in [0.1, 0.15) is 36.0 Å². The summed E-state index contributed by atoms with van der Waals surface area (Å²) in [5.74, 6) is 0. The van der Waals surface area contributed by atoms with Gasteiger partial charge in [-0.15, -0.1) is 0 Å². The van der Waals surface area contributed by atoms with E-state index in [0.29, 0.717) is 17.0 Å². The number of nitrogens with zero attached hydrogens (tertiary/aromatic N) is 2. The maximum Gasteiger partial charge on any atom is 0.292 e. The molecule has 0 aliphatic carbocycles. The highest BCUT2D eigenvalue weighted by atomic mass is 16.6. The van der Waals surface area contributed by atoms with E-state index in [9.17, 15) is 15.2 Å². The van der Waals surface area contributed by atoms with Crippen LogP contribution in [0.5, 0.6) is 0 Å². The van der Waals surface area contributed by atoms with Crippen LogP contribution in [0.2, 0.25) is 0 Å². The molecule has 1 aliphatic rings. The molecule has 0 bridgehead atoms. The molecule has 0 radical (unpaired) electrons. The van der Waals surface area contributed by atoms with Crippen LogP contribution in [-0.4, -0.2) is 33.0 Å². The average Bonchev–Trinajstić information content (AvgIpc) is 2.85. The second kappa shape index (κ2) is 4.46. The Hall–Kier alpha value is -1.40. The smallest absolute Gasteiger partial charge is 0.292 e. The number of H-pyrrole nitrogens is 1. The SMILES string of the molecule is Cc1[nH]c(C(O)N2CCCC2)c(C)c1[N+](=O)[O-]. The van der Waals surface area contributed by atoms with Gasteiger partial charge in [-0.3, -0.25) is 15.0 Å². The first-order valence-electron chi connectivity index (χ1n) is 5.78. The molecule has 0 aromatic carbocycles. The molecule has 0 spiro atoms. The van der Waals surface area contributed by atoms with E-state index < -0.39 is 11.2 Å². The lowest BCUT2D eigenvalue weighted by atomic mass is 10.2. The Morgan fingerprint density at radius 3 is 2.47 bits per heavy atom. The van der Waals surface area contributed by atoms with Gasteiger partial charge in [-0.25, -0.2) is 0 Å². The summed E-state index contributed by atoms with van der Waals surface area (Å²) in [4.78, 5) is 15.4. The first-order chi connectivity index (χ1) is 8.02. The molecule has 6 heteroatoms. The molecule has 1 saturated heterocycles. The Morgan fingerprint density at radius 1 is 1.41 bits per heavy atom. The van der Waals surface area contributed by atoms with E-state index in [4.69, 9.17) is 0 Å². The van der Waals surface area contributed by atoms with Gasteiger partial charge in [0.05, 0.1) is 21.9 Å². The third-order valence-corrected chi connectivity index (χ3v) is 3.36. The van der Waals surface area contributed by atoms with E-state index in [1.54, 1.807) is 13.8 Å². The van der Waals surface area contributed by atoms with Crippen molar-refractivity contribution in [2.75, 3.05) is 13.1 Å². The molecule has 94 valence electrons. The van der Waals surface area contributed by atoms with Crippen molar-refractivity contribution in [1.29, 1.82) is 0 Å². The average molecular weight is 239 g/mol. The van der Waals surface area contributed by atoms with Gasteiger partial charge in [-0.2, -0.15) is 0 Å². The highest BCUT2D eigenvalue weighted by Crippen LogP contribution is 2.31. The molecule has 2 rings (SSSR count). The molecule has 0 amide bonds.